The minimum atomic E-state index is -1.13. The molecule has 14 heteroatoms. The van der Waals surface area contributed by atoms with Gasteiger partial charge >= 0.3 is 5.97 Å². The molecule has 5 heterocycles. The summed E-state index contributed by atoms with van der Waals surface area (Å²) in [4.78, 5) is 48.2. The first-order chi connectivity index (χ1) is 16.6. The summed E-state index contributed by atoms with van der Waals surface area (Å²) in [5, 5.41) is 17.8. The second-order valence-corrected chi connectivity index (χ2v) is 12.3. The molecular formula is C21H26ClN6O5S2+. The number of aromatic nitrogens is 1. The van der Waals surface area contributed by atoms with Crippen molar-refractivity contribution in [2.75, 3.05) is 38.2 Å². The Labute approximate surface area is 214 Å². The van der Waals surface area contributed by atoms with Crippen molar-refractivity contribution in [2.45, 2.75) is 42.1 Å². The number of β-lactam (4-membered cyclic amide) rings is 1. The molecule has 11 nitrogen and oxygen atoms in total. The number of alkyl halides is 1. The summed E-state index contributed by atoms with van der Waals surface area (Å²) in [5.74, 6) is -1.79. The molecule has 1 aromatic rings. The van der Waals surface area contributed by atoms with Crippen LogP contribution in [0.25, 0.3) is 0 Å². The lowest BCUT2D eigenvalue weighted by Gasteiger charge is -2.50. The molecule has 188 valence electrons. The van der Waals surface area contributed by atoms with E-state index in [1.54, 1.807) is 5.38 Å². The van der Waals surface area contributed by atoms with Gasteiger partial charge < -0.3 is 25.5 Å². The van der Waals surface area contributed by atoms with E-state index in [0.29, 0.717) is 18.3 Å². The summed E-state index contributed by atoms with van der Waals surface area (Å²) in [6.07, 6.45) is 1.82. The average Bonchev–Trinajstić information content (AvgIpc) is 3.45. The molecule has 4 aliphatic heterocycles. The molecule has 1 aromatic heterocycles. The summed E-state index contributed by atoms with van der Waals surface area (Å²) in [6, 6.07) is -0.551. The summed E-state index contributed by atoms with van der Waals surface area (Å²) < 4.78 is 0.761. The molecule has 0 spiro atoms. The van der Waals surface area contributed by atoms with Crippen LogP contribution in [0.15, 0.2) is 21.8 Å². The van der Waals surface area contributed by atoms with E-state index in [-0.39, 0.29) is 27.1 Å². The van der Waals surface area contributed by atoms with Crippen LogP contribution in [0.5, 0.6) is 0 Å². The van der Waals surface area contributed by atoms with E-state index in [1.807, 2.05) is 0 Å². The molecule has 2 bridgehead atoms. The number of thiazole rings is 1. The molecule has 3 fully saturated rings. The molecule has 0 radical (unpaired) electrons. The van der Waals surface area contributed by atoms with Crippen molar-refractivity contribution < 1.29 is 28.8 Å². The Morgan fingerprint density at radius 2 is 2.29 bits per heavy atom. The Bertz CT molecular complexity index is 1170. The average molecular weight is 542 g/mol. The number of rotatable bonds is 7. The number of aliphatic carboxylic acids is 1. The minimum Gasteiger partial charge on any atom is -0.477 e. The van der Waals surface area contributed by atoms with Crippen LogP contribution < -0.4 is 11.1 Å². The van der Waals surface area contributed by atoms with Gasteiger partial charge in [0.1, 0.15) is 41.3 Å². The monoisotopic (exact) mass is 541 g/mol. The quantitative estimate of drug-likeness (QED) is 0.151. The molecular weight excluding hydrogens is 516 g/mol. The third-order valence-corrected chi connectivity index (χ3v) is 9.88. The zero-order valence-electron chi connectivity index (χ0n) is 19.2. The van der Waals surface area contributed by atoms with Gasteiger partial charge in [0.25, 0.3) is 11.8 Å². The van der Waals surface area contributed by atoms with E-state index in [1.165, 1.54) is 23.8 Å². The number of carbonyl (C=O) groups excluding carboxylic acids is 2. The van der Waals surface area contributed by atoms with E-state index >= 15 is 0 Å². The van der Waals surface area contributed by atoms with Crippen LogP contribution in [-0.2, 0) is 19.2 Å². The number of halogens is 1. The molecule has 3 unspecified atom stereocenters. The minimum absolute atomic E-state index is 0.0287. The number of anilines is 1. The number of nitrogens with two attached hydrogens (primary N) is 1. The van der Waals surface area contributed by atoms with Crippen LogP contribution >= 0.6 is 34.7 Å². The number of carboxylic acid groups (broad SMARTS) is 1. The molecule has 5 rings (SSSR count). The predicted molar refractivity (Wildman–Crippen MR) is 132 cm³/mol. The van der Waals surface area contributed by atoms with Crippen molar-refractivity contribution in [2.24, 2.45) is 5.16 Å². The van der Waals surface area contributed by atoms with Crippen LogP contribution in [0.4, 0.5) is 5.13 Å². The molecule has 0 aromatic carbocycles. The van der Waals surface area contributed by atoms with Crippen LogP contribution in [0.3, 0.4) is 0 Å². The van der Waals surface area contributed by atoms with Crippen LogP contribution in [0.1, 0.15) is 25.5 Å². The number of quaternary nitrogens is 1. The maximum atomic E-state index is 13.1. The van der Waals surface area contributed by atoms with E-state index in [2.05, 4.69) is 22.4 Å². The number of nitrogen functional groups attached to an aromatic ring is 1. The van der Waals surface area contributed by atoms with Crippen molar-refractivity contribution in [3.8, 4) is 0 Å². The second-order valence-electron chi connectivity index (χ2n) is 9.52. The molecule has 0 aliphatic carbocycles. The first kappa shape index (κ1) is 24.3. The number of carboxylic acids is 1. The number of nitrogens with zero attached hydrogens (tertiary/aromatic N) is 4. The van der Waals surface area contributed by atoms with E-state index in [9.17, 15) is 19.5 Å². The Kier molecular flexibility index (Phi) is 6.01. The number of hydrogen-bond donors (Lipinski definition) is 3. The Morgan fingerprint density at radius 1 is 1.51 bits per heavy atom. The third-order valence-electron chi connectivity index (χ3n) is 7.40. The topological polar surface area (TPSA) is 147 Å². The molecule has 5 atom stereocenters. The number of nitrogens with one attached hydrogen (secondary N) is 1. The molecule has 2 amide bonds. The largest absolute Gasteiger partial charge is 0.477 e. The first-order valence-corrected chi connectivity index (χ1v) is 13.5. The molecule has 4 aliphatic rings. The van der Waals surface area contributed by atoms with Gasteiger partial charge in [-0.15, -0.1) is 34.7 Å². The van der Waals surface area contributed by atoms with E-state index < -0.39 is 29.2 Å². The number of thioether (sulfide) groups is 1. The van der Waals surface area contributed by atoms with Crippen molar-refractivity contribution in [1.29, 1.82) is 0 Å². The number of fused-ring (bicyclic) bond motifs is 3. The number of amides is 2. The smallest absolute Gasteiger partial charge is 0.352 e. The predicted octanol–water partition coefficient (Wildman–Crippen LogP) is 0.805. The number of carbonyl (C=O) groups is 3. The summed E-state index contributed by atoms with van der Waals surface area (Å²) in [6.45, 7) is 4.45. The second kappa shape index (κ2) is 8.64. The fraction of sp³-hybridized carbons (Fsp3) is 0.571. The lowest BCUT2D eigenvalue weighted by molar-refractivity contribution is -0.926. The fourth-order valence-corrected chi connectivity index (χ4v) is 8.22. The fourth-order valence-electron chi connectivity index (χ4n) is 5.79. The molecule has 35 heavy (non-hydrogen) atoms. The first-order valence-electron chi connectivity index (χ1n) is 11.2. The summed E-state index contributed by atoms with van der Waals surface area (Å²) in [7, 11) is 1.30. The van der Waals surface area contributed by atoms with Gasteiger partial charge in [-0.1, -0.05) is 5.16 Å². The highest BCUT2D eigenvalue weighted by Gasteiger charge is 2.60. The van der Waals surface area contributed by atoms with Gasteiger partial charge in [-0.25, -0.2) is 9.78 Å². The summed E-state index contributed by atoms with van der Waals surface area (Å²) in [5.41, 5.74) is 6.55. The molecule has 4 N–H and O–H groups in total. The van der Waals surface area contributed by atoms with E-state index in [0.717, 1.165) is 47.3 Å². The highest BCUT2D eigenvalue weighted by molar-refractivity contribution is 8.00. The van der Waals surface area contributed by atoms with Gasteiger partial charge in [-0.2, -0.15) is 0 Å². The highest BCUT2D eigenvalue weighted by atomic mass is 35.5. The van der Waals surface area contributed by atoms with E-state index in [4.69, 9.17) is 22.2 Å². The van der Waals surface area contributed by atoms with Gasteiger partial charge in [-0.3, -0.25) is 14.5 Å². The van der Waals surface area contributed by atoms with Gasteiger partial charge in [0.15, 0.2) is 10.8 Å². The lowest BCUT2D eigenvalue weighted by Crippen LogP contribution is -2.71. The zero-order valence-corrected chi connectivity index (χ0v) is 21.6. The van der Waals surface area contributed by atoms with Crippen molar-refractivity contribution in [3.63, 3.8) is 0 Å². The lowest BCUT2D eigenvalue weighted by atomic mass is 9.98. The third kappa shape index (κ3) is 3.98. The SMILES string of the molecule is CO/N=C(\C(=O)N[C@@H]1C(=O)N2C(C(=O)O)=C(C[N+]34CCC(Cl)(CC3C)C4)CS[C@H]12)c1csc(N)n1. The maximum absolute atomic E-state index is 13.1. The Balaban J connectivity index is 1.35. The van der Waals surface area contributed by atoms with Crippen molar-refractivity contribution in [1.82, 2.24) is 15.2 Å². The normalized spacial score (nSPS) is 34.0. The van der Waals surface area contributed by atoms with Gasteiger partial charge in [0, 0.05) is 29.5 Å². The Morgan fingerprint density at radius 3 is 2.86 bits per heavy atom. The van der Waals surface area contributed by atoms with Crippen molar-refractivity contribution >= 4 is 63.3 Å². The van der Waals surface area contributed by atoms with Gasteiger partial charge in [0.2, 0.25) is 0 Å². The van der Waals surface area contributed by atoms with Crippen molar-refractivity contribution in [3.05, 3.63) is 22.3 Å². The highest BCUT2D eigenvalue weighted by Crippen LogP contribution is 2.49. The Hall–Kier alpha value is -2.35. The van der Waals surface area contributed by atoms with Crippen LogP contribution in [-0.4, -0.2) is 97.8 Å². The number of piperidine rings is 1. The van der Waals surface area contributed by atoms with Crippen LogP contribution in [0, 0.1) is 0 Å². The number of oxime groups is 1. The number of hydrogen-bond acceptors (Lipinski definition) is 9. The summed E-state index contributed by atoms with van der Waals surface area (Å²) >= 11 is 9.35. The molecule has 3 saturated heterocycles. The van der Waals surface area contributed by atoms with Crippen LogP contribution in [0.2, 0.25) is 0 Å². The van der Waals surface area contributed by atoms with Gasteiger partial charge in [0.05, 0.1) is 19.1 Å². The maximum Gasteiger partial charge on any atom is 0.352 e. The van der Waals surface area contributed by atoms with Gasteiger partial charge in [-0.05, 0) is 6.92 Å². The zero-order chi connectivity index (χ0) is 25.1. The molecule has 0 saturated carbocycles. The standard InChI is InChI=1S/C21H25ClN6O5S2/c1-10-5-21(22)3-4-28(10,9-21)6-11-7-34-18-14(17(30)27(18)15(11)19(31)32)25-16(29)13(26-33-2)12-8-35-20(23)24-12/h8,10,14,18H,3-7,9H2,1-2H3,(H3-,23,24,25,29,31,32)/p+1/b26-13-/t10?,14-,18-,21?,28?/m1/s1.